The summed E-state index contributed by atoms with van der Waals surface area (Å²) in [5.41, 5.74) is 7.55. The first-order valence-corrected chi connectivity index (χ1v) is 5.37. The molecule has 9 heteroatoms. The first kappa shape index (κ1) is 11.1. The van der Waals surface area contributed by atoms with E-state index in [1.807, 2.05) is 0 Å². The van der Waals surface area contributed by atoms with Crippen LogP contribution in [0.1, 0.15) is 16.1 Å². The number of nitrogens with two attached hydrogens (primary N) is 1. The average Bonchev–Trinajstić information content (AvgIpc) is 2.98. The van der Waals surface area contributed by atoms with Gasteiger partial charge in [-0.15, -0.1) is 11.3 Å². The smallest absolute Gasteiger partial charge is 0.276 e. The van der Waals surface area contributed by atoms with Gasteiger partial charge in [0, 0.05) is 5.38 Å². The number of H-pyrrole nitrogens is 1. The zero-order chi connectivity index (χ0) is 12.3. The Labute approximate surface area is 99.2 Å². The van der Waals surface area contributed by atoms with Crippen molar-refractivity contribution in [2.75, 3.05) is 5.32 Å². The highest BCUT2D eigenvalue weighted by Crippen LogP contribution is 2.12. The summed E-state index contributed by atoms with van der Waals surface area (Å²) in [5, 5.41) is 21.7. The number of nitrogens with one attached hydrogen (secondary N) is 2. The number of nitrogens with zero attached hydrogens (tertiary/aromatic N) is 3. The number of hydrogen-bond donors (Lipinski definition) is 4. The van der Waals surface area contributed by atoms with E-state index >= 15 is 0 Å². The second-order valence-corrected chi connectivity index (χ2v) is 3.69. The molecule has 0 saturated heterocycles. The van der Waals surface area contributed by atoms with Crippen molar-refractivity contribution in [2.45, 2.75) is 0 Å². The molecule has 8 nitrogen and oxygen atoms in total. The highest BCUT2D eigenvalue weighted by Gasteiger charge is 2.14. The SMILES string of the molecule is NC(=NO)c1cn[nH]c1NC(=O)c1cscn1. The van der Waals surface area contributed by atoms with Crippen molar-refractivity contribution in [1.29, 1.82) is 0 Å². The maximum Gasteiger partial charge on any atom is 0.276 e. The molecule has 0 fully saturated rings. The van der Waals surface area contributed by atoms with Gasteiger partial charge in [0.1, 0.15) is 11.5 Å². The summed E-state index contributed by atoms with van der Waals surface area (Å²) in [6.07, 6.45) is 1.34. The van der Waals surface area contributed by atoms with Gasteiger partial charge in [-0.2, -0.15) is 5.10 Å². The largest absolute Gasteiger partial charge is 0.409 e. The summed E-state index contributed by atoms with van der Waals surface area (Å²) < 4.78 is 0. The fourth-order valence-corrected chi connectivity index (χ4v) is 1.66. The van der Waals surface area contributed by atoms with Crippen LogP contribution in [0.4, 0.5) is 5.82 Å². The molecule has 5 N–H and O–H groups in total. The van der Waals surface area contributed by atoms with Gasteiger partial charge in [-0.3, -0.25) is 9.89 Å². The lowest BCUT2D eigenvalue weighted by atomic mass is 10.3. The van der Waals surface area contributed by atoms with Crippen LogP contribution in [0.15, 0.2) is 22.2 Å². The topological polar surface area (TPSA) is 129 Å². The molecule has 2 heterocycles. The summed E-state index contributed by atoms with van der Waals surface area (Å²) in [7, 11) is 0. The third-order valence-electron chi connectivity index (χ3n) is 1.93. The first-order valence-electron chi connectivity index (χ1n) is 4.43. The lowest BCUT2D eigenvalue weighted by Crippen LogP contribution is -2.18. The lowest BCUT2D eigenvalue weighted by molar-refractivity contribution is 0.102. The number of aromatic amines is 1. The fourth-order valence-electron chi connectivity index (χ4n) is 1.13. The molecule has 2 rings (SSSR count). The van der Waals surface area contributed by atoms with Crippen LogP contribution in [-0.2, 0) is 0 Å². The molecule has 17 heavy (non-hydrogen) atoms. The molecule has 0 aliphatic heterocycles. The minimum atomic E-state index is -0.400. The summed E-state index contributed by atoms with van der Waals surface area (Å²) in [4.78, 5) is 15.5. The van der Waals surface area contributed by atoms with Gasteiger partial charge in [-0.25, -0.2) is 4.98 Å². The van der Waals surface area contributed by atoms with Gasteiger partial charge >= 0.3 is 0 Å². The first-order chi connectivity index (χ1) is 8.22. The van der Waals surface area contributed by atoms with Crippen LogP contribution in [0.3, 0.4) is 0 Å². The number of oxime groups is 1. The molecule has 88 valence electrons. The normalized spacial score (nSPS) is 11.4. The minimum absolute atomic E-state index is 0.146. The monoisotopic (exact) mass is 252 g/mol. The van der Waals surface area contributed by atoms with Crippen LogP contribution < -0.4 is 11.1 Å². The molecule has 2 aromatic rings. The zero-order valence-corrected chi connectivity index (χ0v) is 9.23. The number of amides is 1. The predicted molar refractivity (Wildman–Crippen MR) is 61.2 cm³/mol. The third kappa shape index (κ3) is 2.23. The van der Waals surface area contributed by atoms with E-state index in [0.717, 1.165) is 0 Å². The molecule has 0 unspecified atom stereocenters. The second-order valence-electron chi connectivity index (χ2n) is 2.97. The van der Waals surface area contributed by atoms with E-state index in [1.165, 1.54) is 17.5 Å². The van der Waals surface area contributed by atoms with E-state index in [0.29, 0.717) is 5.56 Å². The van der Waals surface area contributed by atoms with E-state index in [2.05, 4.69) is 25.7 Å². The van der Waals surface area contributed by atoms with Crippen molar-refractivity contribution < 1.29 is 10.0 Å². The van der Waals surface area contributed by atoms with Crippen molar-refractivity contribution in [3.63, 3.8) is 0 Å². The molecule has 0 atom stereocenters. The highest BCUT2D eigenvalue weighted by atomic mass is 32.1. The molecule has 0 radical (unpaired) electrons. The molecule has 0 bridgehead atoms. The van der Waals surface area contributed by atoms with Crippen LogP contribution in [-0.4, -0.2) is 32.1 Å². The molecule has 0 spiro atoms. The Hall–Kier alpha value is -2.42. The standard InChI is InChI=1S/C8H8N6O2S/c9-6(14-16)4-1-11-13-7(4)12-8(15)5-2-17-3-10-5/h1-3,16H,(H2,9,14)(H2,11,12,13,15). The molecule has 2 aromatic heterocycles. The Kier molecular flexibility index (Phi) is 3.01. The van der Waals surface area contributed by atoms with Crippen LogP contribution >= 0.6 is 11.3 Å². The highest BCUT2D eigenvalue weighted by molar-refractivity contribution is 7.07. The Balaban J connectivity index is 2.20. The molecule has 0 saturated carbocycles. The van der Waals surface area contributed by atoms with Gasteiger partial charge in [0.2, 0.25) is 0 Å². The van der Waals surface area contributed by atoms with Crippen LogP contribution in [0, 0.1) is 0 Å². The molecular weight excluding hydrogens is 244 g/mol. The molecule has 0 aliphatic carbocycles. The Morgan fingerprint density at radius 2 is 2.47 bits per heavy atom. The van der Waals surface area contributed by atoms with Crippen molar-refractivity contribution >= 4 is 28.9 Å². The molecule has 1 amide bonds. The number of aromatic nitrogens is 3. The van der Waals surface area contributed by atoms with Gasteiger partial charge in [0.05, 0.1) is 17.3 Å². The van der Waals surface area contributed by atoms with Gasteiger partial charge in [0.25, 0.3) is 5.91 Å². The average molecular weight is 252 g/mol. The van der Waals surface area contributed by atoms with E-state index in [-0.39, 0.29) is 17.3 Å². The minimum Gasteiger partial charge on any atom is -0.409 e. The van der Waals surface area contributed by atoms with Gasteiger partial charge < -0.3 is 16.3 Å². The maximum absolute atomic E-state index is 11.7. The van der Waals surface area contributed by atoms with Crippen molar-refractivity contribution in [1.82, 2.24) is 15.2 Å². The number of carbonyl (C=O) groups is 1. The number of thiazole rings is 1. The lowest BCUT2D eigenvalue weighted by Gasteiger charge is -2.02. The molecular formula is C8H8N6O2S. The van der Waals surface area contributed by atoms with Crippen molar-refractivity contribution in [3.05, 3.63) is 28.3 Å². The van der Waals surface area contributed by atoms with E-state index in [9.17, 15) is 4.79 Å². The summed E-state index contributed by atoms with van der Waals surface area (Å²) in [6, 6.07) is 0. The zero-order valence-electron chi connectivity index (χ0n) is 8.41. The van der Waals surface area contributed by atoms with Gasteiger partial charge in [-0.05, 0) is 0 Å². The Morgan fingerprint density at radius 3 is 3.12 bits per heavy atom. The van der Waals surface area contributed by atoms with Crippen LogP contribution in [0.5, 0.6) is 0 Å². The summed E-state index contributed by atoms with van der Waals surface area (Å²) in [6.45, 7) is 0. The number of hydrogen-bond acceptors (Lipinski definition) is 6. The molecule has 0 aliphatic rings. The summed E-state index contributed by atoms with van der Waals surface area (Å²) >= 11 is 1.31. The fraction of sp³-hybridized carbons (Fsp3) is 0. The van der Waals surface area contributed by atoms with Crippen LogP contribution in [0.2, 0.25) is 0 Å². The predicted octanol–water partition coefficient (Wildman–Crippen LogP) is 0.213. The van der Waals surface area contributed by atoms with E-state index < -0.39 is 5.91 Å². The van der Waals surface area contributed by atoms with Gasteiger partial charge in [-0.1, -0.05) is 5.16 Å². The number of amidine groups is 1. The number of carbonyl (C=O) groups excluding carboxylic acids is 1. The third-order valence-corrected chi connectivity index (χ3v) is 2.51. The number of rotatable bonds is 3. The van der Waals surface area contributed by atoms with Crippen molar-refractivity contribution in [2.24, 2.45) is 10.9 Å². The second kappa shape index (κ2) is 4.61. The Bertz CT molecular complexity index is 546. The van der Waals surface area contributed by atoms with E-state index in [1.54, 1.807) is 10.9 Å². The van der Waals surface area contributed by atoms with Crippen molar-refractivity contribution in [3.8, 4) is 0 Å². The molecule has 0 aromatic carbocycles. The maximum atomic E-state index is 11.7. The summed E-state index contributed by atoms with van der Waals surface area (Å²) in [5.74, 6) is -0.298. The Morgan fingerprint density at radius 1 is 1.65 bits per heavy atom. The van der Waals surface area contributed by atoms with Gasteiger partial charge in [0.15, 0.2) is 5.84 Å². The van der Waals surface area contributed by atoms with Crippen LogP contribution in [0.25, 0.3) is 0 Å². The quantitative estimate of drug-likeness (QED) is 0.268. The number of anilines is 1. The van der Waals surface area contributed by atoms with E-state index in [4.69, 9.17) is 10.9 Å².